The molecule has 3 N–H and O–H groups in total. The van der Waals surface area contributed by atoms with Crippen molar-refractivity contribution >= 4 is 40.6 Å². The summed E-state index contributed by atoms with van der Waals surface area (Å²) in [5, 5.41) is 7.35. The molecule has 6 nitrogen and oxygen atoms in total. The van der Waals surface area contributed by atoms with Crippen LogP contribution in [0.4, 0.5) is 5.69 Å². The molecule has 132 valence electrons. The van der Waals surface area contributed by atoms with Crippen molar-refractivity contribution in [1.82, 2.24) is 0 Å². The van der Waals surface area contributed by atoms with Crippen molar-refractivity contribution in [2.45, 2.75) is 6.42 Å². The summed E-state index contributed by atoms with van der Waals surface area (Å²) in [5.74, 6) is 0.340. The van der Waals surface area contributed by atoms with Crippen LogP contribution in [0.15, 0.2) is 53.7 Å². The van der Waals surface area contributed by atoms with E-state index in [-0.39, 0.29) is 31.4 Å². The number of hydrogen-bond acceptors (Lipinski definition) is 4. The second-order valence-corrected chi connectivity index (χ2v) is 5.77. The first kappa shape index (κ1) is 18.9. The average Bonchev–Trinajstić information content (AvgIpc) is 2.56. The second-order valence-electron chi connectivity index (χ2n) is 4.93. The van der Waals surface area contributed by atoms with E-state index in [0.717, 1.165) is 0 Å². The molecule has 0 saturated carbocycles. The summed E-state index contributed by atoms with van der Waals surface area (Å²) in [4.78, 5) is 16.9. The van der Waals surface area contributed by atoms with Crippen molar-refractivity contribution in [2.24, 2.45) is 10.9 Å². The third kappa shape index (κ3) is 6.91. The van der Waals surface area contributed by atoms with E-state index >= 15 is 0 Å². The van der Waals surface area contributed by atoms with Gasteiger partial charge in [0.1, 0.15) is 18.2 Å². The van der Waals surface area contributed by atoms with E-state index in [2.05, 4.69) is 10.5 Å². The number of amides is 1. The van der Waals surface area contributed by atoms with E-state index in [1.54, 1.807) is 48.5 Å². The molecule has 2 rings (SSSR count). The number of amidine groups is 1. The third-order valence-corrected chi connectivity index (χ3v) is 3.48. The first-order valence-electron chi connectivity index (χ1n) is 7.41. The number of benzene rings is 2. The molecule has 0 radical (unpaired) electrons. The highest BCUT2D eigenvalue weighted by Gasteiger charge is 2.07. The number of nitrogens with two attached hydrogens (primary N) is 1. The Morgan fingerprint density at radius 3 is 2.68 bits per heavy atom. The SMILES string of the molecule is N/C(CC(=O)Nc1ccccc1Cl)=N/OCCOc1cccc(Cl)c1. The molecule has 0 atom stereocenters. The maximum atomic E-state index is 11.9. The molecule has 8 heteroatoms. The molecule has 0 bridgehead atoms. The summed E-state index contributed by atoms with van der Waals surface area (Å²) >= 11 is 11.8. The minimum absolute atomic E-state index is 0.0484. The summed E-state index contributed by atoms with van der Waals surface area (Å²) in [5.41, 5.74) is 6.16. The molecule has 0 aromatic heterocycles. The second kappa shape index (κ2) is 9.76. The lowest BCUT2D eigenvalue weighted by atomic mass is 10.3. The number of hydrogen-bond donors (Lipinski definition) is 2. The summed E-state index contributed by atoms with van der Waals surface area (Å²) in [6, 6.07) is 13.9. The molecule has 0 aliphatic rings. The Hall–Kier alpha value is -2.44. The van der Waals surface area contributed by atoms with Crippen molar-refractivity contribution < 1.29 is 14.4 Å². The Labute approximate surface area is 155 Å². The molecule has 0 fully saturated rings. The van der Waals surface area contributed by atoms with E-state index in [1.807, 2.05) is 0 Å². The zero-order valence-corrected chi connectivity index (χ0v) is 14.8. The fourth-order valence-corrected chi connectivity index (χ4v) is 2.20. The number of anilines is 1. The van der Waals surface area contributed by atoms with Gasteiger partial charge >= 0.3 is 0 Å². The van der Waals surface area contributed by atoms with Crippen molar-refractivity contribution in [3.05, 3.63) is 58.6 Å². The fraction of sp³-hybridized carbons (Fsp3) is 0.176. The van der Waals surface area contributed by atoms with Crippen molar-refractivity contribution in [2.75, 3.05) is 18.5 Å². The highest BCUT2D eigenvalue weighted by atomic mass is 35.5. The zero-order valence-electron chi connectivity index (χ0n) is 13.2. The molecule has 1 amide bonds. The standard InChI is InChI=1S/C17H17Cl2N3O3/c18-12-4-3-5-13(10-12)24-8-9-25-22-16(20)11-17(23)21-15-7-2-1-6-14(15)19/h1-7,10H,8-9,11H2,(H2,20,22)(H,21,23). The maximum Gasteiger partial charge on any atom is 0.232 e. The van der Waals surface area contributed by atoms with E-state index in [9.17, 15) is 4.79 Å². The van der Waals surface area contributed by atoms with Crippen molar-refractivity contribution in [3.63, 3.8) is 0 Å². The van der Waals surface area contributed by atoms with Crippen LogP contribution in [0.5, 0.6) is 5.75 Å². The van der Waals surface area contributed by atoms with Crippen LogP contribution in [0.1, 0.15) is 6.42 Å². The fourth-order valence-electron chi connectivity index (χ4n) is 1.84. The molecular weight excluding hydrogens is 365 g/mol. The van der Waals surface area contributed by atoms with Crippen LogP contribution in [0, 0.1) is 0 Å². The van der Waals surface area contributed by atoms with Crippen molar-refractivity contribution in [3.8, 4) is 5.75 Å². The van der Waals surface area contributed by atoms with Gasteiger partial charge in [-0.05, 0) is 30.3 Å². The van der Waals surface area contributed by atoms with Crippen LogP contribution < -0.4 is 15.8 Å². The van der Waals surface area contributed by atoms with Crippen molar-refractivity contribution in [1.29, 1.82) is 0 Å². The minimum Gasteiger partial charge on any atom is -0.490 e. The molecule has 0 aliphatic carbocycles. The Bertz CT molecular complexity index is 753. The maximum absolute atomic E-state index is 11.9. The van der Waals surface area contributed by atoms with Gasteiger partial charge in [-0.3, -0.25) is 4.79 Å². The molecule has 0 aliphatic heterocycles. The lowest BCUT2D eigenvalue weighted by Gasteiger charge is -2.07. The predicted octanol–water partition coefficient (Wildman–Crippen LogP) is 3.69. The van der Waals surface area contributed by atoms with E-state index in [4.69, 9.17) is 38.5 Å². The Kier molecular flexibility index (Phi) is 7.37. The first-order valence-corrected chi connectivity index (χ1v) is 8.17. The van der Waals surface area contributed by atoms with E-state index < -0.39 is 0 Å². The number of carbonyl (C=O) groups is 1. The van der Waals surface area contributed by atoms with Gasteiger partial charge in [0.15, 0.2) is 6.61 Å². The van der Waals surface area contributed by atoms with E-state index in [1.165, 1.54) is 0 Å². The quantitative estimate of drug-likeness (QED) is 0.316. The lowest BCUT2D eigenvalue weighted by molar-refractivity contribution is -0.115. The summed E-state index contributed by atoms with van der Waals surface area (Å²) in [6.45, 7) is 0.447. The van der Waals surface area contributed by atoms with Gasteiger partial charge < -0.3 is 20.6 Å². The third-order valence-electron chi connectivity index (χ3n) is 2.91. The topological polar surface area (TPSA) is 85.9 Å². The zero-order chi connectivity index (χ0) is 18.1. The number of oxime groups is 1. The van der Waals surface area contributed by atoms with Crippen LogP contribution in [0.25, 0.3) is 0 Å². The molecule has 0 unspecified atom stereocenters. The number of rotatable bonds is 8. The number of nitrogens with zero attached hydrogens (tertiary/aromatic N) is 1. The minimum atomic E-state index is -0.340. The van der Waals surface area contributed by atoms with Gasteiger partial charge in [0, 0.05) is 5.02 Å². The summed E-state index contributed by atoms with van der Waals surface area (Å²) in [7, 11) is 0. The molecule has 0 heterocycles. The smallest absolute Gasteiger partial charge is 0.232 e. The molecule has 0 spiro atoms. The Morgan fingerprint density at radius 1 is 1.12 bits per heavy atom. The Morgan fingerprint density at radius 2 is 1.92 bits per heavy atom. The Balaban J connectivity index is 1.69. The number of para-hydroxylation sites is 1. The first-order chi connectivity index (χ1) is 12.0. The van der Waals surface area contributed by atoms with Gasteiger partial charge in [-0.1, -0.05) is 46.6 Å². The van der Waals surface area contributed by atoms with Gasteiger partial charge in [0.2, 0.25) is 5.91 Å². The van der Waals surface area contributed by atoms with Gasteiger partial charge in [-0.2, -0.15) is 0 Å². The van der Waals surface area contributed by atoms with Gasteiger partial charge in [-0.15, -0.1) is 0 Å². The molecule has 2 aromatic rings. The van der Waals surface area contributed by atoms with Gasteiger partial charge in [-0.25, -0.2) is 0 Å². The molecule has 2 aromatic carbocycles. The summed E-state index contributed by atoms with van der Waals surface area (Å²) in [6.07, 6.45) is -0.111. The molecule has 25 heavy (non-hydrogen) atoms. The number of halogens is 2. The van der Waals surface area contributed by atoms with Crippen LogP contribution >= 0.6 is 23.2 Å². The normalized spacial score (nSPS) is 11.0. The summed E-state index contributed by atoms with van der Waals surface area (Å²) < 4.78 is 5.43. The number of nitrogens with one attached hydrogen (secondary N) is 1. The van der Waals surface area contributed by atoms with Gasteiger partial charge in [0.25, 0.3) is 0 Å². The molecular formula is C17H17Cl2N3O3. The monoisotopic (exact) mass is 381 g/mol. The van der Waals surface area contributed by atoms with Crippen LogP contribution in [-0.4, -0.2) is 25.0 Å². The highest BCUT2D eigenvalue weighted by Crippen LogP contribution is 2.20. The largest absolute Gasteiger partial charge is 0.490 e. The lowest BCUT2D eigenvalue weighted by Crippen LogP contribution is -2.22. The van der Waals surface area contributed by atoms with Crippen LogP contribution in [-0.2, 0) is 9.63 Å². The van der Waals surface area contributed by atoms with E-state index in [0.29, 0.717) is 21.5 Å². The highest BCUT2D eigenvalue weighted by molar-refractivity contribution is 6.33. The number of carbonyl (C=O) groups excluding carboxylic acids is 1. The van der Waals surface area contributed by atoms with Gasteiger partial charge in [0.05, 0.1) is 17.1 Å². The number of ether oxygens (including phenoxy) is 1. The van der Waals surface area contributed by atoms with Crippen LogP contribution in [0.3, 0.4) is 0 Å². The predicted molar refractivity (Wildman–Crippen MR) is 99.2 cm³/mol. The average molecular weight is 382 g/mol. The molecule has 0 saturated heterocycles. The van der Waals surface area contributed by atoms with Crippen LogP contribution in [0.2, 0.25) is 10.0 Å².